The van der Waals surface area contributed by atoms with E-state index in [4.69, 9.17) is 15.2 Å². The Labute approximate surface area is 148 Å². The van der Waals surface area contributed by atoms with Gasteiger partial charge in [-0.05, 0) is 42.2 Å². The molecule has 1 aliphatic heterocycles. The molecule has 1 atom stereocenters. The van der Waals surface area contributed by atoms with E-state index < -0.39 is 5.54 Å². The highest BCUT2D eigenvalue weighted by Gasteiger charge is 2.35. The fraction of sp³-hybridized carbons (Fsp3) is 0.350. The number of carbonyl (C=O) groups is 1. The number of rotatable bonds is 4. The molecule has 0 saturated carbocycles. The van der Waals surface area contributed by atoms with Gasteiger partial charge in [0.2, 0.25) is 5.91 Å². The molecule has 0 radical (unpaired) electrons. The maximum absolute atomic E-state index is 13.1. The minimum absolute atomic E-state index is 0.0702. The number of hydrogen-bond acceptors (Lipinski definition) is 4. The highest BCUT2D eigenvalue weighted by molar-refractivity contribution is 5.87. The number of nitrogens with two attached hydrogens (primary N) is 1. The first-order valence-electron chi connectivity index (χ1n) is 8.35. The van der Waals surface area contributed by atoms with E-state index in [1.807, 2.05) is 47.4 Å². The Bertz CT molecular complexity index is 772. The van der Waals surface area contributed by atoms with Gasteiger partial charge < -0.3 is 20.1 Å². The molecule has 0 bridgehead atoms. The van der Waals surface area contributed by atoms with Crippen molar-refractivity contribution in [3.8, 4) is 11.5 Å². The minimum Gasteiger partial charge on any atom is -0.493 e. The van der Waals surface area contributed by atoms with Gasteiger partial charge >= 0.3 is 0 Å². The minimum atomic E-state index is -1.05. The lowest BCUT2D eigenvalue weighted by Gasteiger charge is -2.35. The van der Waals surface area contributed by atoms with Crippen LogP contribution in [-0.2, 0) is 23.3 Å². The summed E-state index contributed by atoms with van der Waals surface area (Å²) in [6.45, 7) is 2.93. The number of ether oxygens (including phenoxy) is 2. The molecule has 3 rings (SSSR count). The number of amides is 1. The fourth-order valence-electron chi connectivity index (χ4n) is 3.29. The summed E-state index contributed by atoms with van der Waals surface area (Å²) in [4.78, 5) is 14.9. The zero-order chi connectivity index (χ0) is 18.0. The van der Waals surface area contributed by atoms with Gasteiger partial charge in [0.1, 0.15) is 5.54 Å². The average molecular weight is 340 g/mol. The molecule has 0 saturated heterocycles. The molecule has 2 aromatic carbocycles. The first-order chi connectivity index (χ1) is 12.0. The summed E-state index contributed by atoms with van der Waals surface area (Å²) in [5.41, 5.74) is 8.42. The van der Waals surface area contributed by atoms with E-state index in [1.54, 1.807) is 21.1 Å². The fourth-order valence-corrected chi connectivity index (χ4v) is 3.29. The topological polar surface area (TPSA) is 64.8 Å². The van der Waals surface area contributed by atoms with E-state index in [1.165, 1.54) is 5.56 Å². The van der Waals surface area contributed by atoms with Crippen molar-refractivity contribution >= 4 is 5.91 Å². The van der Waals surface area contributed by atoms with Crippen LogP contribution in [0.25, 0.3) is 0 Å². The lowest BCUT2D eigenvalue weighted by atomic mass is 9.90. The highest BCUT2D eigenvalue weighted by Crippen LogP contribution is 2.34. The highest BCUT2D eigenvalue weighted by atomic mass is 16.5. The van der Waals surface area contributed by atoms with E-state index in [2.05, 4.69) is 0 Å². The lowest BCUT2D eigenvalue weighted by molar-refractivity contribution is -0.137. The molecule has 0 fully saturated rings. The normalized spacial score (nSPS) is 15.9. The second-order valence-corrected chi connectivity index (χ2v) is 6.52. The standard InChI is InChI=1S/C20H24N2O3/c1-20(21,16-7-5-4-6-8-16)19(23)22-10-9-14-11-17(24-2)18(25-3)12-15(14)13-22/h4-8,11-12H,9-10,13,21H2,1-3H3. The first kappa shape index (κ1) is 17.3. The van der Waals surface area contributed by atoms with Gasteiger partial charge in [-0.1, -0.05) is 30.3 Å². The molecular formula is C20H24N2O3. The molecule has 5 heteroatoms. The molecule has 2 N–H and O–H groups in total. The summed E-state index contributed by atoms with van der Waals surface area (Å²) < 4.78 is 10.7. The van der Waals surface area contributed by atoms with Crippen molar-refractivity contribution in [2.75, 3.05) is 20.8 Å². The third-order valence-electron chi connectivity index (χ3n) is 4.82. The van der Waals surface area contributed by atoms with Gasteiger partial charge in [-0.2, -0.15) is 0 Å². The van der Waals surface area contributed by atoms with Crippen LogP contribution in [0, 0.1) is 0 Å². The molecule has 25 heavy (non-hydrogen) atoms. The molecule has 0 aromatic heterocycles. The Balaban J connectivity index is 1.86. The van der Waals surface area contributed by atoms with Gasteiger partial charge in [0.05, 0.1) is 14.2 Å². The van der Waals surface area contributed by atoms with Crippen LogP contribution in [0.5, 0.6) is 11.5 Å². The lowest BCUT2D eigenvalue weighted by Crippen LogP contribution is -2.52. The molecule has 0 aliphatic carbocycles. The second kappa shape index (κ2) is 6.76. The van der Waals surface area contributed by atoms with Gasteiger partial charge in [-0.25, -0.2) is 0 Å². The monoisotopic (exact) mass is 340 g/mol. The summed E-state index contributed by atoms with van der Waals surface area (Å²) in [5, 5.41) is 0. The number of benzene rings is 2. The van der Waals surface area contributed by atoms with Gasteiger partial charge in [-0.15, -0.1) is 0 Å². The summed E-state index contributed by atoms with van der Waals surface area (Å²) in [6.07, 6.45) is 0.770. The van der Waals surface area contributed by atoms with Gasteiger partial charge in [0.15, 0.2) is 11.5 Å². The number of methoxy groups -OCH3 is 2. The van der Waals surface area contributed by atoms with Crippen molar-refractivity contribution in [1.82, 2.24) is 4.90 Å². The van der Waals surface area contributed by atoms with Crippen molar-refractivity contribution in [2.24, 2.45) is 5.73 Å². The van der Waals surface area contributed by atoms with Crippen molar-refractivity contribution in [3.63, 3.8) is 0 Å². The maximum atomic E-state index is 13.1. The van der Waals surface area contributed by atoms with E-state index in [-0.39, 0.29) is 5.91 Å². The van der Waals surface area contributed by atoms with Crippen LogP contribution in [-0.4, -0.2) is 31.6 Å². The van der Waals surface area contributed by atoms with Gasteiger partial charge in [-0.3, -0.25) is 4.79 Å². The maximum Gasteiger partial charge on any atom is 0.247 e. The summed E-state index contributed by atoms with van der Waals surface area (Å²) in [7, 11) is 3.24. The summed E-state index contributed by atoms with van der Waals surface area (Å²) >= 11 is 0. The smallest absolute Gasteiger partial charge is 0.247 e. The third-order valence-corrected chi connectivity index (χ3v) is 4.82. The Morgan fingerprint density at radius 1 is 1.08 bits per heavy atom. The molecular weight excluding hydrogens is 316 g/mol. The van der Waals surface area contributed by atoms with Crippen LogP contribution in [0.15, 0.2) is 42.5 Å². The van der Waals surface area contributed by atoms with Gasteiger partial charge in [0, 0.05) is 13.1 Å². The number of carbonyl (C=O) groups excluding carboxylic acids is 1. The molecule has 0 spiro atoms. The van der Waals surface area contributed by atoms with E-state index >= 15 is 0 Å². The summed E-state index contributed by atoms with van der Waals surface area (Å²) in [6, 6.07) is 13.4. The molecule has 5 nitrogen and oxygen atoms in total. The van der Waals surface area contributed by atoms with Crippen LogP contribution in [0.4, 0.5) is 0 Å². The molecule has 132 valence electrons. The zero-order valence-electron chi connectivity index (χ0n) is 14.9. The second-order valence-electron chi connectivity index (χ2n) is 6.52. The van der Waals surface area contributed by atoms with E-state index in [0.29, 0.717) is 24.6 Å². The predicted octanol–water partition coefficient (Wildman–Crippen LogP) is 2.46. The van der Waals surface area contributed by atoms with Crippen molar-refractivity contribution in [1.29, 1.82) is 0 Å². The van der Waals surface area contributed by atoms with Crippen LogP contribution < -0.4 is 15.2 Å². The quantitative estimate of drug-likeness (QED) is 0.929. The number of fused-ring (bicyclic) bond motifs is 1. The molecule has 1 unspecified atom stereocenters. The van der Waals surface area contributed by atoms with Crippen molar-refractivity contribution in [3.05, 3.63) is 59.2 Å². The van der Waals surface area contributed by atoms with Gasteiger partial charge in [0.25, 0.3) is 0 Å². The van der Waals surface area contributed by atoms with Crippen molar-refractivity contribution < 1.29 is 14.3 Å². The van der Waals surface area contributed by atoms with Crippen LogP contribution >= 0.6 is 0 Å². The Hall–Kier alpha value is -2.53. The first-order valence-corrected chi connectivity index (χ1v) is 8.35. The average Bonchev–Trinajstić information content (AvgIpc) is 2.66. The zero-order valence-corrected chi connectivity index (χ0v) is 14.9. The summed E-state index contributed by atoms with van der Waals surface area (Å²) in [5.74, 6) is 1.32. The molecule has 1 aliphatic rings. The van der Waals surface area contributed by atoms with Crippen LogP contribution in [0.1, 0.15) is 23.6 Å². The Morgan fingerprint density at radius 2 is 1.68 bits per heavy atom. The largest absolute Gasteiger partial charge is 0.493 e. The Morgan fingerprint density at radius 3 is 2.28 bits per heavy atom. The predicted molar refractivity (Wildman–Crippen MR) is 96.6 cm³/mol. The van der Waals surface area contributed by atoms with E-state index in [9.17, 15) is 4.79 Å². The third kappa shape index (κ3) is 3.20. The van der Waals surface area contributed by atoms with Crippen LogP contribution in [0.2, 0.25) is 0 Å². The van der Waals surface area contributed by atoms with Crippen LogP contribution in [0.3, 0.4) is 0 Å². The van der Waals surface area contributed by atoms with E-state index in [0.717, 1.165) is 17.5 Å². The molecule has 1 amide bonds. The molecule has 1 heterocycles. The Kier molecular flexibility index (Phi) is 4.68. The number of nitrogens with zero attached hydrogens (tertiary/aromatic N) is 1. The molecule has 2 aromatic rings. The number of hydrogen-bond donors (Lipinski definition) is 1. The SMILES string of the molecule is COc1cc2c(cc1OC)CN(C(=O)C(C)(N)c1ccccc1)CC2. The van der Waals surface area contributed by atoms with Crippen molar-refractivity contribution in [2.45, 2.75) is 25.4 Å².